The molecule has 2 N–H and O–H groups in total. The number of para-hydroxylation sites is 2. The number of ether oxygens (including phenoxy) is 3. The maximum atomic E-state index is 12.2. The first-order valence-corrected chi connectivity index (χ1v) is 9.16. The van der Waals surface area contributed by atoms with E-state index < -0.39 is 0 Å². The highest BCUT2D eigenvalue weighted by Crippen LogP contribution is 2.29. The highest BCUT2D eigenvalue weighted by atomic mass is 16.5. The molecule has 0 aliphatic heterocycles. The number of hydrogen-bond acceptors (Lipinski definition) is 5. The number of hydrogen-bond donors (Lipinski definition) is 2. The zero-order chi connectivity index (χ0) is 20.6. The Kier molecular flexibility index (Phi) is 6.58. The summed E-state index contributed by atoms with van der Waals surface area (Å²) in [7, 11) is 3.20. The lowest BCUT2D eigenvalue weighted by atomic mass is 10.2. The Balaban J connectivity index is 1.58. The van der Waals surface area contributed by atoms with E-state index in [0.717, 1.165) is 22.7 Å². The third-order valence-electron chi connectivity index (χ3n) is 4.23. The lowest BCUT2D eigenvalue weighted by molar-refractivity contribution is -0.118. The van der Waals surface area contributed by atoms with Crippen molar-refractivity contribution in [3.05, 3.63) is 72.3 Å². The molecular formula is C23H24N2O4. The van der Waals surface area contributed by atoms with Crippen molar-refractivity contribution in [1.29, 1.82) is 0 Å². The van der Waals surface area contributed by atoms with Crippen molar-refractivity contribution in [2.75, 3.05) is 31.5 Å². The minimum Gasteiger partial charge on any atom is -0.495 e. The van der Waals surface area contributed by atoms with E-state index in [1.165, 1.54) is 0 Å². The Morgan fingerprint density at radius 3 is 2.17 bits per heavy atom. The van der Waals surface area contributed by atoms with Crippen LogP contribution in [-0.4, -0.2) is 26.7 Å². The van der Waals surface area contributed by atoms with Crippen molar-refractivity contribution in [1.82, 2.24) is 0 Å². The number of nitrogens with one attached hydrogen (secondary N) is 2. The van der Waals surface area contributed by atoms with Crippen LogP contribution in [0.1, 0.15) is 5.56 Å². The Bertz CT molecular complexity index is 971. The predicted octanol–water partition coefficient (Wildman–Crippen LogP) is 4.77. The van der Waals surface area contributed by atoms with Gasteiger partial charge in [-0.25, -0.2) is 0 Å². The summed E-state index contributed by atoms with van der Waals surface area (Å²) in [5.74, 6) is 1.62. The van der Waals surface area contributed by atoms with Crippen molar-refractivity contribution in [3.63, 3.8) is 0 Å². The standard InChI is InChI=1S/C23H24N2O4/c1-16-8-13-20(27-2)19(14-16)24-17-9-11-18(12-10-17)25-23(26)15-29-22-7-5-4-6-21(22)28-3/h4-14,24H,15H2,1-3H3,(H,25,26). The van der Waals surface area contributed by atoms with Crippen molar-refractivity contribution in [2.24, 2.45) is 0 Å². The second kappa shape index (κ2) is 9.50. The lowest BCUT2D eigenvalue weighted by Gasteiger charge is -2.13. The Morgan fingerprint density at radius 1 is 0.828 bits per heavy atom. The first-order valence-electron chi connectivity index (χ1n) is 9.16. The number of amides is 1. The third kappa shape index (κ3) is 5.42. The highest BCUT2D eigenvalue weighted by Gasteiger charge is 2.08. The molecule has 6 heteroatoms. The van der Waals surface area contributed by atoms with Gasteiger partial charge >= 0.3 is 0 Å². The van der Waals surface area contributed by atoms with Gasteiger partial charge in [-0.1, -0.05) is 18.2 Å². The zero-order valence-corrected chi connectivity index (χ0v) is 16.7. The van der Waals surface area contributed by atoms with Gasteiger partial charge in [0, 0.05) is 11.4 Å². The SMILES string of the molecule is COc1ccc(C)cc1Nc1ccc(NC(=O)COc2ccccc2OC)cc1. The van der Waals surface area contributed by atoms with Crippen LogP contribution < -0.4 is 24.8 Å². The molecule has 0 aliphatic rings. The van der Waals surface area contributed by atoms with Crippen molar-refractivity contribution in [3.8, 4) is 17.2 Å². The van der Waals surface area contributed by atoms with Crippen LogP contribution in [0.15, 0.2) is 66.7 Å². The summed E-state index contributed by atoms with van der Waals surface area (Å²) < 4.78 is 16.1. The van der Waals surface area contributed by atoms with Crippen LogP contribution in [0.5, 0.6) is 17.2 Å². The molecule has 0 fully saturated rings. The van der Waals surface area contributed by atoms with E-state index >= 15 is 0 Å². The summed E-state index contributed by atoms with van der Waals surface area (Å²) >= 11 is 0. The highest BCUT2D eigenvalue weighted by molar-refractivity contribution is 5.92. The van der Waals surface area contributed by atoms with E-state index in [1.54, 1.807) is 26.4 Å². The van der Waals surface area contributed by atoms with Crippen LogP contribution in [0.2, 0.25) is 0 Å². The molecule has 0 bridgehead atoms. The summed E-state index contributed by atoms with van der Waals surface area (Å²) in [6.45, 7) is 1.91. The first-order chi connectivity index (χ1) is 14.1. The van der Waals surface area contributed by atoms with Gasteiger partial charge in [-0.2, -0.15) is 0 Å². The van der Waals surface area contributed by atoms with Gasteiger partial charge in [0.15, 0.2) is 18.1 Å². The van der Waals surface area contributed by atoms with E-state index in [1.807, 2.05) is 61.5 Å². The minimum absolute atomic E-state index is 0.110. The molecule has 29 heavy (non-hydrogen) atoms. The topological polar surface area (TPSA) is 68.8 Å². The monoisotopic (exact) mass is 392 g/mol. The third-order valence-corrected chi connectivity index (χ3v) is 4.23. The van der Waals surface area contributed by atoms with Gasteiger partial charge in [0.1, 0.15) is 5.75 Å². The molecule has 0 unspecified atom stereocenters. The van der Waals surface area contributed by atoms with Crippen molar-refractivity contribution in [2.45, 2.75) is 6.92 Å². The molecule has 150 valence electrons. The molecule has 0 saturated carbocycles. The smallest absolute Gasteiger partial charge is 0.262 e. The van der Waals surface area contributed by atoms with Gasteiger partial charge in [-0.3, -0.25) is 4.79 Å². The number of methoxy groups -OCH3 is 2. The fourth-order valence-electron chi connectivity index (χ4n) is 2.79. The quantitative estimate of drug-likeness (QED) is 0.578. The van der Waals surface area contributed by atoms with Gasteiger partial charge < -0.3 is 24.8 Å². The second-order valence-corrected chi connectivity index (χ2v) is 6.39. The van der Waals surface area contributed by atoms with Gasteiger partial charge in [0.2, 0.25) is 0 Å². The summed E-state index contributed by atoms with van der Waals surface area (Å²) in [6.07, 6.45) is 0. The van der Waals surface area contributed by atoms with Crippen molar-refractivity contribution < 1.29 is 19.0 Å². The summed E-state index contributed by atoms with van der Waals surface area (Å²) in [6, 6.07) is 20.6. The van der Waals surface area contributed by atoms with Crippen LogP contribution in [0.25, 0.3) is 0 Å². The minimum atomic E-state index is -0.253. The summed E-state index contributed by atoms with van der Waals surface area (Å²) in [5.41, 5.74) is 3.58. The van der Waals surface area contributed by atoms with Gasteiger partial charge in [0.25, 0.3) is 5.91 Å². The molecule has 6 nitrogen and oxygen atoms in total. The maximum Gasteiger partial charge on any atom is 0.262 e. The molecule has 0 heterocycles. The molecule has 0 atom stereocenters. The molecule has 1 amide bonds. The van der Waals surface area contributed by atoms with Gasteiger partial charge in [-0.05, 0) is 61.0 Å². The molecular weight excluding hydrogens is 368 g/mol. The largest absolute Gasteiger partial charge is 0.495 e. The van der Waals surface area contributed by atoms with Gasteiger partial charge in [0.05, 0.1) is 19.9 Å². The fourth-order valence-corrected chi connectivity index (χ4v) is 2.79. The number of carbonyl (C=O) groups excluding carboxylic acids is 1. The van der Waals surface area contributed by atoms with Crippen LogP contribution in [-0.2, 0) is 4.79 Å². The zero-order valence-electron chi connectivity index (χ0n) is 16.7. The van der Waals surface area contributed by atoms with E-state index in [2.05, 4.69) is 10.6 Å². The molecule has 0 radical (unpaired) electrons. The van der Waals surface area contributed by atoms with Crippen LogP contribution >= 0.6 is 0 Å². The van der Waals surface area contributed by atoms with E-state index in [4.69, 9.17) is 14.2 Å². The number of anilines is 3. The van der Waals surface area contributed by atoms with Crippen LogP contribution in [0.3, 0.4) is 0 Å². The van der Waals surface area contributed by atoms with Crippen LogP contribution in [0.4, 0.5) is 17.1 Å². The average molecular weight is 392 g/mol. The molecule has 3 aromatic rings. The molecule has 0 saturated heterocycles. The normalized spacial score (nSPS) is 10.2. The van der Waals surface area contributed by atoms with E-state index in [9.17, 15) is 4.79 Å². The van der Waals surface area contributed by atoms with E-state index in [0.29, 0.717) is 17.2 Å². The maximum absolute atomic E-state index is 12.2. The van der Waals surface area contributed by atoms with Gasteiger partial charge in [-0.15, -0.1) is 0 Å². The Morgan fingerprint density at radius 2 is 1.48 bits per heavy atom. The number of carbonyl (C=O) groups is 1. The molecule has 0 spiro atoms. The molecule has 0 aromatic heterocycles. The molecule has 3 rings (SSSR count). The first kappa shape index (κ1) is 20.1. The summed E-state index contributed by atoms with van der Waals surface area (Å²) in [5, 5.41) is 6.14. The number of benzene rings is 3. The fraction of sp³-hybridized carbons (Fsp3) is 0.174. The van der Waals surface area contributed by atoms with Crippen LogP contribution in [0, 0.1) is 6.92 Å². The number of rotatable bonds is 8. The summed E-state index contributed by atoms with van der Waals surface area (Å²) in [4.78, 5) is 12.2. The number of aryl methyl sites for hydroxylation is 1. The van der Waals surface area contributed by atoms with E-state index in [-0.39, 0.29) is 12.5 Å². The lowest BCUT2D eigenvalue weighted by Crippen LogP contribution is -2.20. The second-order valence-electron chi connectivity index (χ2n) is 6.39. The average Bonchev–Trinajstić information content (AvgIpc) is 2.74. The Labute approximate surface area is 170 Å². The Hall–Kier alpha value is -3.67. The molecule has 3 aromatic carbocycles. The van der Waals surface area contributed by atoms with Crippen molar-refractivity contribution >= 4 is 23.0 Å². The predicted molar refractivity (Wildman–Crippen MR) is 115 cm³/mol. The molecule has 0 aliphatic carbocycles.